The number of benzene rings is 2. The van der Waals surface area contributed by atoms with Gasteiger partial charge in [-0.1, -0.05) is 30.7 Å². The second-order valence-electron chi connectivity index (χ2n) is 4.45. The Bertz CT molecular complexity index is 547. The van der Waals surface area contributed by atoms with Crippen LogP contribution in [-0.4, -0.2) is 5.11 Å². The summed E-state index contributed by atoms with van der Waals surface area (Å²) < 4.78 is 5.77. The van der Waals surface area contributed by atoms with Crippen molar-refractivity contribution in [2.24, 2.45) is 0 Å². The van der Waals surface area contributed by atoms with E-state index < -0.39 is 6.10 Å². The fraction of sp³-hybridized carbons (Fsp3) is 0.250. The van der Waals surface area contributed by atoms with Gasteiger partial charge in [0.15, 0.2) is 0 Å². The zero-order valence-electron chi connectivity index (χ0n) is 11.1. The summed E-state index contributed by atoms with van der Waals surface area (Å²) in [6, 6.07) is 13.1. The third-order valence-electron chi connectivity index (χ3n) is 3.00. The van der Waals surface area contributed by atoms with E-state index in [0.29, 0.717) is 0 Å². The molecular formula is C16H17ClO2. The molecule has 0 aliphatic heterocycles. The zero-order valence-corrected chi connectivity index (χ0v) is 11.8. The van der Waals surface area contributed by atoms with Gasteiger partial charge in [-0.2, -0.15) is 0 Å². The highest BCUT2D eigenvalue weighted by molar-refractivity contribution is 6.31. The van der Waals surface area contributed by atoms with Crippen LogP contribution in [0.4, 0.5) is 0 Å². The second-order valence-corrected chi connectivity index (χ2v) is 4.86. The Morgan fingerprint density at radius 1 is 1.11 bits per heavy atom. The molecule has 0 amide bonds. The van der Waals surface area contributed by atoms with Crippen LogP contribution in [0.15, 0.2) is 42.5 Å². The lowest BCUT2D eigenvalue weighted by Gasteiger charge is -2.10. The number of aliphatic hydroxyl groups excluding tert-OH is 1. The molecule has 0 aromatic heterocycles. The molecule has 0 unspecified atom stereocenters. The summed E-state index contributed by atoms with van der Waals surface area (Å²) in [4.78, 5) is 0. The summed E-state index contributed by atoms with van der Waals surface area (Å²) in [6.45, 7) is 3.80. The molecule has 0 heterocycles. The largest absolute Gasteiger partial charge is 0.457 e. The first-order valence-corrected chi connectivity index (χ1v) is 6.72. The standard InChI is InChI=1S/C16H17ClO2/c1-3-12-10-15(8-9-16(12)17)19-14-6-4-13(5-7-14)11(2)18/h4-11,18H,3H2,1-2H3/t11-/m0/s1. The van der Waals surface area contributed by atoms with E-state index in [0.717, 1.165) is 34.1 Å². The molecule has 19 heavy (non-hydrogen) atoms. The van der Waals surface area contributed by atoms with Crippen LogP contribution in [0, 0.1) is 0 Å². The van der Waals surface area contributed by atoms with Crippen LogP contribution >= 0.6 is 11.6 Å². The predicted molar refractivity (Wildman–Crippen MR) is 78.0 cm³/mol. The number of ether oxygens (including phenoxy) is 1. The van der Waals surface area contributed by atoms with E-state index in [9.17, 15) is 5.11 Å². The molecule has 0 fully saturated rings. The molecule has 0 saturated carbocycles. The normalized spacial score (nSPS) is 12.2. The molecule has 0 spiro atoms. The molecule has 0 saturated heterocycles. The van der Waals surface area contributed by atoms with E-state index >= 15 is 0 Å². The second kappa shape index (κ2) is 6.09. The lowest BCUT2D eigenvalue weighted by molar-refractivity contribution is 0.199. The van der Waals surface area contributed by atoms with Gasteiger partial charge < -0.3 is 9.84 Å². The minimum atomic E-state index is -0.462. The Kier molecular flexibility index (Phi) is 4.46. The van der Waals surface area contributed by atoms with Crippen LogP contribution < -0.4 is 4.74 Å². The van der Waals surface area contributed by atoms with Crippen molar-refractivity contribution in [3.63, 3.8) is 0 Å². The number of halogens is 1. The van der Waals surface area contributed by atoms with Crippen molar-refractivity contribution < 1.29 is 9.84 Å². The number of hydrogen-bond donors (Lipinski definition) is 1. The Hall–Kier alpha value is -1.51. The van der Waals surface area contributed by atoms with Gasteiger partial charge in [-0.05, 0) is 54.8 Å². The van der Waals surface area contributed by atoms with Gasteiger partial charge in [-0.25, -0.2) is 0 Å². The van der Waals surface area contributed by atoms with Crippen LogP contribution in [0.25, 0.3) is 0 Å². The van der Waals surface area contributed by atoms with E-state index in [1.807, 2.05) is 42.5 Å². The van der Waals surface area contributed by atoms with Gasteiger partial charge in [0.25, 0.3) is 0 Å². The Morgan fingerprint density at radius 2 is 1.74 bits per heavy atom. The van der Waals surface area contributed by atoms with Crippen LogP contribution in [0.2, 0.25) is 5.02 Å². The third kappa shape index (κ3) is 3.49. The van der Waals surface area contributed by atoms with Gasteiger partial charge in [-0.3, -0.25) is 0 Å². The quantitative estimate of drug-likeness (QED) is 0.873. The van der Waals surface area contributed by atoms with Crippen molar-refractivity contribution in [2.75, 3.05) is 0 Å². The van der Waals surface area contributed by atoms with Crippen molar-refractivity contribution in [3.05, 3.63) is 58.6 Å². The fourth-order valence-corrected chi connectivity index (χ4v) is 2.09. The summed E-state index contributed by atoms with van der Waals surface area (Å²) in [5.41, 5.74) is 1.94. The first-order valence-electron chi connectivity index (χ1n) is 6.34. The van der Waals surface area contributed by atoms with E-state index in [1.54, 1.807) is 6.92 Å². The van der Waals surface area contributed by atoms with Crippen molar-refractivity contribution in [3.8, 4) is 11.5 Å². The van der Waals surface area contributed by atoms with Gasteiger partial charge in [0, 0.05) is 5.02 Å². The fourth-order valence-electron chi connectivity index (χ4n) is 1.84. The number of aliphatic hydroxyl groups is 1. The number of aryl methyl sites for hydroxylation is 1. The Morgan fingerprint density at radius 3 is 2.32 bits per heavy atom. The molecule has 0 bridgehead atoms. The molecule has 0 radical (unpaired) electrons. The Labute approximate surface area is 118 Å². The van der Waals surface area contributed by atoms with Crippen molar-refractivity contribution in [1.29, 1.82) is 0 Å². The highest BCUT2D eigenvalue weighted by Crippen LogP contribution is 2.27. The minimum Gasteiger partial charge on any atom is -0.457 e. The highest BCUT2D eigenvalue weighted by atomic mass is 35.5. The summed E-state index contributed by atoms with van der Waals surface area (Å²) in [5, 5.41) is 10.2. The van der Waals surface area contributed by atoms with Gasteiger partial charge in [0.2, 0.25) is 0 Å². The van der Waals surface area contributed by atoms with Crippen molar-refractivity contribution in [2.45, 2.75) is 26.4 Å². The maximum absolute atomic E-state index is 9.45. The van der Waals surface area contributed by atoms with Crippen LogP contribution in [0.5, 0.6) is 11.5 Å². The minimum absolute atomic E-state index is 0.462. The topological polar surface area (TPSA) is 29.5 Å². The molecular weight excluding hydrogens is 260 g/mol. The molecule has 2 nitrogen and oxygen atoms in total. The van der Waals surface area contributed by atoms with Gasteiger partial charge in [0.1, 0.15) is 11.5 Å². The molecule has 100 valence electrons. The number of rotatable bonds is 4. The third-order valence-corrected chi connectivity index (χ3v) is 3.37. The smallest absolute Gasteiger partial charge is 0.127 e. The maximum atomic E-state index is 9.45. The average Bonchev–Trinajstić information content (AvgIpc) is 2.41. The average molecular weight is 277 g/mol. The van der Waals surface area contributed by atoms with E-state index in [-0.39, 0.29) is 0 Å². The van der Waals surface area contributed by atoms with Gasteiger partial charge in [0.05, 0.1) is 6.10 Å². The van der Waals surface area contributed by atoms with Crippen LogP contribution in [-0.2, 0) is 6.42 Å². The summed E-state index contributed by atoms with van der Waals surface area (Å²) in [6.07, 6.45) is 0.410. The zero-order chi connectivity index (χ0) is 13.8. The number of hydrogen-bond acceptors (Lipinski definition) is 2. The molecule has 2 aromatic rings. The van der Waals surface area contributed by atoms with E-state index in [4.69, 9.17) is 16.3 Å². The molecule has 2 rings (SSSR count). The molecule has 0 aliphatic carbocycles. The maximum Gasteiger partial charge on any atom is 0.127 e. The van der Waals surface area contributed by atoms with Crippen molar-refractivity contribution in [1.82, 2.24) is 0 Å². The van der Waals surface area contributed by atoms with Crippen molar-refractivity contribution >= 4 is 11.6 Å². The first-order chi connectivity index (χ1) is 9.10. The first kappa shape index (κ1) is 13.9. The lowest BCUT2D eigenvalue weighted by atomic mass is 10.1. The van der Waals surface area contributed by atoms with Crippen LogP contribution in [0.1, 0.15) is 31.1 Å². The van der Waals surface area contributed by atoms with Crippen LogP contribution in [0.3, 0.4) is 0 Å². The summed E-state index contributed by atoms with van der Waals surface area (Å²) in [5.74, 6) is 1.51. The highest BCUT2D eigenvalue weighted by Gasteiger charge is 2.04. The lowest BCUT2D eigenvalue weighted by Crippen LogP contribution is -1.91. The molecule has 1 atom stereocenters. The molecule has 0 aliphatic rings. The molecule has 3 heteroatoms. The van der Waals surface area contributed by atoms with E-state index in [1.165, 1.54) is 0 Å². The molecule has 1 N–H and O–H groups in total. The molecule has 2 aromatic carbocycles. The predicted octanol–water partition coefficient (Wildman–Crippen LogP) is 4.75. The summed E-state index contributed by atoms with van der Waals surface area (Å²) in [7, 11) is 0. The van der Waals surface area contributed by atoms with E-state index in [2.05, 4.69) is 6.92 Å². The summed E-state index contributed by atoms with van der Waals surface area (Å²) >= 11 is 6.07. The monoisotopic (exact) mass is 276 g/mol. The SMILES string of the molecule is CCc1cc(Oc2ccc([C@H](C)O)cc2)ccc1Cl. The van der Waals surface area contributed by atoms with Gasteiger partial charge >= 0.3 is 0 Å². The van der Waals surface area contributed by atoms with Gasteiger partial charge in [-0.15, -0.1) is 0 Å². The Balaban J connectivity index is 2.16.